The number of fused-ring (bicyclic) bond motifs is 1. The van der Waals surface area contributed by atoms with E-state index in [4.69, 9.17) is 0 Å². The minimum Gasteiger partial charge on any atom is -0.340 e. The number of hydrogen-bond acceptors (Lipinski definition) is 2. The molecular formula is C21H38N2O2. The molecule has 2 aliphatic heterocycles. The molecule has 2 heterocycles. The number of carbonyl (C=O) groups excluding carboxylic acids is 2. The fourth-order valence-electron chi connectivity index (χ4n) is 4.89. The van der Waals surface area contributed by atoms with E-state index in [-0.39, 0.29) is 5.92 Å². The molecular weight excluding hydrogens is 312 g/mol. The Morgan fingerprint density at radius 3 is 2.24 bits per heavy atom. The Labute approximate surface area is 154 Å². The van der Waals surface area contributed by atoms with E-state index >= 15 is 0 Å². The lowest BCUT2D eigenvalue weighted by molar-refractivity contribution is -0.138. The smallest absolute Gasteiger partial charge is 0.225 e. The lowest BCUT2D eigenvalue weighted by Crippen LogP contribution is -2.44. The molecule has 4 nitrogen and oxygen atoms in total. The van der Waals surface area contributed by atoms with E-state index in [9.17, 15) is 9.59 Å². The topological polar surface area (TPSA) is 40.6 Å². The molecule has 4 unspecified atom stereocenters. The molecule has 25 heavy (non-hydrogen) atoms. The van der Waals surface area contributed by atoms with E-state index in [1.54, 1.807) is 0 Å². The number of nitrogens with zero attached hydrogens (tertiary/aromatic N) is 2. The van der Waals surface area contributed by atoms with Gasteiger partial charge in [0.25, 0.3) is 0 Å². The first kappa shape index (κ1) is 20.3. The second-order valence-electron chi connectivity index (χ2n) is 8.53. The summed E-state index contributed by atoms with van der Waals surface area (Å²) in [4.78, 5) is 27.5. The second kappa shape index (κ2) is 9.05. The van der Waals surface area contributed by atoms with Crippen molar-refractivity contribution in [1.82, 2.24) is 9.80 Å². The maximum Gasteiger partial charge on any atom is 0.225 e. The lowest BCUT2D eigenvalue weighted by Gasteiger charge is -2.34. The Balaban J connectivity index is 0.000000196. The van der Waals surface area contributed by atoms with Crippen LogP contribution in [0.1, 0.15) is 86.0 Å². The quantitative estimate of drug-likeness (QED) is 0.748. The standard InChI is InChI=1S/C13H23NO.C8H15NO/c1-9(2)13(15)14-10(3)8-11-6-4-5-7-12(11)14;1-3-8(10)9-6-4-5-7(9)2/h9-12H,4-8H2,1-3H3;7H,3-6H2,1-2H3. The van der Waals surface area contributed by atoms with Crippen molar-refractivity contribution < 1.29 is 9.59 Å². The van der Waals surface area contributed by atoms with Crippen LogP contribution in [-0.4, -0.2) is 46.3 Å². The van der Waals surface area contributed by atoms with Crippen LogP contribution in [0.25, 0.3) is 0 Å². The highest BCUT2D eigenvalue weighted by molar-refractivity contribution is 5.79. The molecule has 3 fully saturated rings. The molecule has 0 N–H and O–H groups in total. The second-order valence-corrected chi connectivity index (χ2v) is 8.53. The van der Waals surface area contributed by atoms with Crippen LogP contribution in [0.2, 0.25) is 0 Å². The maximum atomic E-state index is 12.1. The Morgan fingerprint density at radius 1 is 1.00 bits per heavy atom. The van der Waals surface area contributed by atoms with Crippen molar-refractivity contribution >= 4 is 11.8 Å². The summed E-state index contributed by atoms with van der Waals surface area (Å²) >= 11 is 0. The molecule has 0 bridgehead atoms. The van der Waals surface area contributed by atoms with E-state index in [2.05, 4.69) is 18.7 Å². The van der Waals surface area contributed by atoms with Gasteiger partial charge in [-0.1, -0.05) is 33.6 Å². The van der Waals surface area contributed by atoms with Gasteiger partial charge in [-0.25, -0.2) is 0 Å². The first-order valence-corrected chi connectivity index (χ1v) is 10.5. The minimum absolute atomic E-state index is 0.160. The van der Waals surface area contributed by atoms with E-state index in [0.717, 1.165) is 12.5 Å². The molecule has 1 saturated carbocycles. The Kier molecular flexibility index (Phi) is 7.33. The Hall–Kier alpha value is -1.06. The highest BCUT2D eigenvalue weighted by atomic mass is 16.2. The summed E-state index contributed by atoms with van der Waals surface area (Å²) in [6.07, 6.45) is 9.55. The van der Waals surface area contributed by atoms with Gasteiger partial charge in [0.15, 0.2) is 0 Å². The molecule has 2 saturated heterocycles. The molecule has 4 atom stereocenters. The van der Waals surface area contributed by atoms with Gasteiger partial charge >= 0.3 is 0 Å². The van der Waals surface area contributed by atoms with Gasteiger partial charge in [0.2, 0.25) is 11.8 Å². The van der Waals surface area contributed by atoms with Crippen molar-refractivity contribution in [3.05, 3.63) is 0 Å². The van der Waals surface area contributed by atoms with Gasteiger partial charge in [0.1, 0.15) is 0 Å². The van der Waals surface area contributed by atoms with Gasteiger partial charge < -0.3 is 9.80 Å². The zero-order valence-electron chi connectivity index (χ0n) is 17.0. The predicted molar refractivity (Wildman–Crippen MR) is 102 cm³/mol. The van der Waals surface area contributed by atoms with Crippen LogP contribution < -0.4 is 0 Å². The summed E-state index contributed by atoms with van der Waals surface area (Å²) in [5, 5.41) is 0. The van der Waals surface area contributed by atoms with Gasteiger partial charge in [-0.2, -0.15) is 0 Å². The largest absolute Gasteiger partial charge is 0.340 e. The maximum absolute atomic E-state index is 12.1. The molecule has 0 radical (unpaired) electrons. The van der Waals surface area contributed by atoms with Crippen molar-refractivity contribution in [2.75, 3.05) is 6.54 Å². The van der Waals surface area contributed by atoms with E-state index in [1.165, 1.54) is 44.9 Å². The van der Waals surface area contributed by atoms with Crippen molar-refractivity contribution in [2.24, 2.45) is 11.8 Å². The highest BCUT2D eigenvalue weighted by Gasteiger charge is 2.42. The first-order valence-electron chi connectivity index (χ1n) is 10.5. The number of rotatable bonds is 2. The molecule has 4 heteroatoms. The summed E-state index contributed by atoms with van der Waals surface area (Å²) in [5.41, 5.74) is 0. The first-order chi connectivity index (χ1) is 11.9. The van der Waals surface area contributed by atoms with Gasteiger partial charge in [0.05, 0.1) is 0 Å². The number of likely N-dealkylation sites (tertiary alicyclic amines) is 2. The minimum atomic E-state index is 0.160. The monoisotopic (exact) mass is 350 g/mol. The third-order valence-corrected chi connectivity index (χ3v) is 6.27. The van der Waals surface area contributed by atoms with E-state index < -0.39 is 0 Å². The van der Waals surface area contributed by atoms with Crippen LogP contribution in [0.15, 0.2) is 0 Å². The molecule has 0 spiro atoms. The van der Waals surface area contributed by atoms with Crippen molar-refractivity contribution in [1.29, 1.82) is 0 Å². The van der Waals surface area contributed by atoms with Crippen LogP contribution in [0.4, 0.5) is 0 Å². The molecule has 0 aromatic heterocycles. The molecule has 1 aliphatic carbocycles. The lowest BCUT2D eigenvalue weighted by atomic mass is 9.84. The van der Waals surface area contributed by atoms with Crippen LogP contribution in [0.3, 0.4) is 0 Å². The van der Waals surface area contributed by atoms with Crippen LogP contribution >= 0.6 is 0 Å². The Bertz CT molecular complexity index is 463. The number of amides is 2. The number of hydrogen-bond donors (Lipinski definition) is 0. The predicted octanol–water partition coefficient (Wildman–Crippen LogP) is 4.23. The van der Waals surface area contributed by atoms with E-state index in [1.807, 2.05) is 25.7 Å². The zero-order chi connectivity index (χ0) is 18.6. The van der Waals surface area contributed by atoms with Crippen molar-refractivity contribution in [3.8, 4) is 0 Å². The van der Waals surface area contributed by atoms with Gasteiger partial charge in [0, 0.05) is 37.0 Å². The van der Waals surface area contributed by atoms with Crippen LogP contribution in [-0.2, 0) is 9.59 Å². The van der Waals surface area contributed by atoms with Crippen LogP contribution in [0.5, 0.6) is 0 Å². The van der Waals surface area contributed by atoms with Gasteiger partial charge in [-0.05, 0) is 51.9 Å². The van der Waals surface area contributed by atoms with Crippen LogP contribution in [0, 0.1) is 11.8 Å². The molecule has 0 aromatic rings. The SMILES string of the molecule is CC(C)C(=O)N1C(C)CC2CCCCC21.CCC(=O)N1CCCC1C. The zero-order valence-corrected chi connectivity index (χ0v) is 17.0. The highest BCUT2D eigenvalue weighted by Crippen LogP contribution is 2.40. The average molecular weight is 351 g/mol. The average Bonchev–Trinajstić information content (AvgIpc) is 3.16. The summed E-state index contributed by atoms with van der Waals surface area (Å²) in [6.45, 7) is 11.3. The summed E-state index contributed by atoms with van der Waals surface area (Å²) in [7, 11) is 0. The fourth-order valence-corrected chi connectivity index (χ4v) is 4.89. The van der Waals surface area contributed by atoms with Gasteiger partial charge in [-0.15, -0.1) is 0 Å². The third-order valence-electron chi connectivity index (χ3n) is 6.27. The van der Waals surface area contributed by atoms with Crippen molar-refractivity contribution in [3.63, 3.8) is 0 Å². The molecule has 2 amide bonds. The molecule has 3 rings (SSSR count). The third kappa shape index (κ3) is 4.77. The summed E-state index contributed by atoms with van der Waals surface area (Å²) in [5.74, 6) is 1.64. The fraction of sp³-hybridized carbons (Fsp3) is 0.905. The van der Waals surface area contributed by atoms with Gasteiger partial charge in [-0.3, -0.25) is 9.59 Å². The molecule has 3 aliphatic rings. The normalized spacial score (nSPS) is 31.6. The Morgan fingerprint density at radius 2 is 1.68 bits per heavy atom. The summed E-state index contributed by atoms with van der Waals surface area (Å²) < 4.78 is 0. The van der Waals surface area contributed by atoms with Crippen molar-refractivity contribution in [2.45, 2.75) is 104 Å². The number of carbonyl (C=O) groups is 2. The summed E-state index contributed by atoms with van der Waals surface area (Å²) in [6, 6.07) is 1.55. The molecule has 0 aromatic carbocycles. The van der Waals surface area contributed by atoms with E-state index in [0.29, 0.717) is 36.4 Å². The molecule has 144 valence electrons.